The number of piperidine rings is 1. The van der Waals surface area contributed by atoms with Gasteiger partial charge in [0.15, 0.2) is 0 Å². The minimum atomic E-state index is -0.224. The molecule has 1 aliphatic heterocycles. The Hall–Kier alpha value is -1.68. The third-order valence-corrected chi connectivity index (χ3v) is 3.77. The third-order valence-electron chi connectivity index (χ3n) is 3.77. The summed E-state index contributed by atoms with van der Waals surface area (Å²) in [5.41, 5.74) is 0.382. The van der Waals surface area contributed by atoms with E-state index in [2.05, 4.69) is 11.6 Å². The SMILES string of the molecule is C=CC[C@@]1(CO)CCCN(C(=O)c2cccnc2)C1. The van der Waals surface area contributed by atoms with Crippen LogP contribution in [-0.4, -0.2) is 40.6 Å². The van der Waals surface area contributed by atoms with E-state index in [1.165, 1.54) is 0 Å². The summed E-state index contributed by atoms with van der Waals surface area (Å²) in [6.45, 7) is 5.17. The molecule has 1 N–H and O–H groups in total. The third kappa shape index (κ3) is 3.01. The number of pyridine rings is 1. The highest BCUT2D eigenvalue weighted by Gasteiger charge is 2.35. The van der Waals surface area contributed by atoms with Crippen molar-refractivity contribution in [3.05, 3.63) is 42.7 Å². The van der Waals surface area contributed by atoms with E-state index in [1.54, 1.807) is 24.5 Å². The molecule has 4 nitrogen and oxygen atoms in total. The second-order valence-corrected chi connectivity index (χ2v) is 5.22. The number of carbonyl (C=O) groups is 1. The summed E-state index contributed by atoms with van der Waals surface area (Å²) in [4.78, 5) is 18.2. The summed E-state index contributed by atoms with van der Waals surface area (Å²) in [5.74, 6) is -0.00492. The van der Waals surface area contributed by atoms with Crippen molar-refractivity contribution in [2.45, 2.75) is 19.3 Å². The molecular formula is C15H20N2O2. The lowest BCUT2D eigenvalue weighted by Crippen LogP contribution is -2.47. The van der Waals surface area contributed by atoms with Gasteiger partial charge >= 0.3 is 0 Å². The predicted octanol–water partition coefficient (Wildman–Crippen LogP) is 1.87. The van der Waals surface area contributed by atoms with Crippen molar-refractivity contribution in [3.8, 4) is 0 Å². The number of allylic oxidation sites excluding steroid dienone is 1. The van der Waals surface area contributed by atoms with Crippen molar-refractivity contribution in [3.63, 3.8) is 0 Å². The van der Waals surface area contributed by atoms with Crippen molar-refractivity contribution >= 4 is 5.91 Å². The maximum Gasteiger partial charge on any atom is 0.255 e. The van der Waals surface area contributed by atoms with Gasteiger partial charge in [-0.05, 0) is 31.4 Å². The minimum Gasteiger partial charge on any atom is -0.396 e. The molecule has 2 rings (SSSR count). The normalized spacial score (nSPS) is 23.1. The number of likely N-dealkylation sites (tertiary alicyclic amines) is 1. The number of aromatic nitrogens is 1. The highest BCUT2D eigenvalue weighted by Crippen LogP contribution is 2.33. The zero-order chi connectivity index (χ0) is 13.7. The molecule has 2 heterocycles. The van der Waals surface area contributed by atoms with Gasteiger partial charge in [0.25, 0.3) is 5.91 Å². The van der Waals surface area contributed by atoms with Gasteiger partial charge in [0, 0.05) is 30.9 Å². The van der Waals surface area contributed by atoms with E-state index in [0.29, 0.717) is 12.1 Å². The van der Waals surface area contributed by atoms with Gasteiger partial charge in [-0.1, -0.05) is 6.08 Å². The lowest BCUT2D eigenvalue weighted by Gasteiger charge is -2.41. The monoisotopic (exact) mass is 260 g/mol. The number of aliphatic hydroxyl groups excluding tert-OH is 1. The average molecular weight is 260 g/mol. The molecule has 0 aromatic carbocycles. The fraction of sp³-hybridized carbons (Fsp3) is 0.467. The molecule has 1 atom stereocenters. The number of amides is 1. The van der Waals surface area contributed by atoms with Crippen LogP contribution in [0.2, 0.25) is 0 Å². The van der Waals surface area contributed by atoms with Crippen LogP contribution in [0.3, 0.4) is 0 Å². The second-order valence-electron chi connectivity index (χ2n) is 5.22. The van der Waals surface area contributed by atoms with E-state index >= 15 is 0 Å². The van der Waals surface area contributed by atoms with Gasteiger partial charge in [-0.15, -0.1) is 6.58 Å². The number of carbonyl (C=O) groups excluding carboxylic acids is 1. The van der Waals surface area contributed by atoms with Crippen LogP contribution in [0.1, 0.15) is 29.6 Å². The zero-order valence-electron chi connectivity index (χ0n) is 11.1. The standard InChI is InChI=1S/C15H20N2O2/c1-2-6-15(12-18)7-4-9-17(11-15)14(19)13-5-3-8-16-10-13/h2-3,5,8,10,18H,1,4,6-7,9,11-12H2/t15-/m1/s1. The molecular weight excluding hydrogens is 240 g/mol. The van der Waals surface area contributed by atoms with Crippen LogP contribution in [0.25, 0.3) is 0 Å². The lowest BCUT2D eigenvalue weighted by molar-refractivity contribution is 0.0285. The molecule has 4 heteroatoms. The fourth-order valence-electron chi connectivity index (χ4n) is 2.72. The average Bonchev–Trinajstić information content (AvgIpc) is 2.48. The van der Waals surface area contributed by atoms with Crippen molar-refractivity contribution in [1.82, 2.24) is 9.88 Å². The van der Waals surface area contributed by atoms with Gasteiger partial charge < -0.3 is 10.0 Å². The van der Waals surface area contributed by atoms with Gasteiger partial charge in [-0.3, -0.25) is 9.78 Å². The van der Waals surface area contributed by atoms with Crippen molar-refractivity contribution in [2.24, 2.45) is 5.41 Å². The first-order valence-electron chi connectivity index (χ1n) is 6.62. The summed E-state index contributed by atoms with van der Waals surface area (Å²) >= 11 is 0. The lowest BCUT2D eigenvalue weighted by atomic mass is 9.77. The highest BCUT2D eigenvalue weighted by atomic mass is 16.3. The Morgan fingerprint density at radius 3 is 3.11 bits per heavy atom. The molecule has 102 valence electrons. The quantitative estimate of drug-likeness (QED) is 0.841. The molecule has 0 unspecified atom stereocenters. The largest absolute Gasteiger partial charge is 0.396 e. The van der Waals surface area contributed by atoms with E-state index in [-0.39, 0.29) is 17.9 Å². The molecule has 19 heavy (non-hydrogen) atoms. The van der Waals surface area contributed by atoms with E-state index in [1.807, 2.05) is 11.0 Å². The predicted molar refractivity (Wildman–Crippen MR) is 73.7 cm³/mol. The Balaban J connectivity index is 2.13. The topological polar surface area (TPSA) is 53.4 Å². The highest BCUT2D eigenvalue weighted by molar-refractivity contribution is 5.93. The summed E-state index contributed by atoms with van der Waals surface area (Å²) in [7, 11) is 0. The molecule has 1 aromatic rings. The van der Waals surface area contributed by atoms with E-state index in [9.17, 15) is 9.90 Å². The Kier molecular flexibility index (Phi) is 4.32. The van der Waals surface area contributed by atoms with Crippen LogP contribution in [0, 0.1) is 5.41 Å². The number of nitrogens with zero attached hydrogens (tertiary/aromatic N) is 2. The van der Waals surface area contributed by atoms with Crippen molar-refractivity contribution in [1.29, 1.82) is 0 Å². The van der Waals surface area contributed by atoms with Gasteiger partial charge in [0.2, 0.25) is 0 Å². The fourth-order valence-corrected chi connectivity index (χ4v) is 2.72. The Labute approximate surface area is 113 Å². The van der Waals surface area contributed by atoms with Crippen molar-refractivity contribution in [2.75, 3.05) is 19.7 Å². The Morgan fingerprint density at radius 1 is 1.63 bits per heavy atom. The first-order chi connectivity index (χ1) is 9.21. The Morgan fingerprint density at radius 2 is 2.47 bits per heavy atom. The molecule has 0 radical (unpaired) electrons. The minimum absolute atomic E-state index is 0.00492. The summed E-state index contributed by atoms with van der Waals surface area (Å²) in [6, 6.07) is 3.54. The van der Waals surface area contributed by atoms with E-state index in [0.717, 1.165) is 25.8 Å². The number of rotatable bonds is 4. The number of hydrogen-bond acceptors (Lipinski definition) is 3. The van der Waals surface area contributed by atoms with Gasteiger partial charge in [0.1, 0.15) is 0 Å². The van der Waals surface area contributed by atoms with Crippen molar-refractivity contribution < 1.29 is 9.90 Å². The van der Waals surface area contributed by atoms with Gasteiger partial charge in [0.05, 0.1) is 12.2 Å². The van der Waals surface area contributed by atoms with Crippen LogP contribution in [0.15, 0.2) is 37.2 Å². The molecule has 0 bridgehead atoms. The van der Waals surface area contributed by atoms with Crippen LogP contribution < -0.4 is 0 Å². The first-order valence-corrected chi connectivity index (χ1v) is 6.62. The molecule has 1 amide bonds. The summed E-state index contributed by atoms with van der Waals surface area (Å²) < 4.78 is 0. The smallest absolute Gasteiger partial charge is 0.255 e. The summed E-state index contributed by atoms with van der Waals surface area (Å²) in [5, 5.41) is 9.64. The Bertz CT molecular complexity index is 447. The molecule has 1 fully saturated rings. The van der Waals surface area contributed by atoms with Crippen LogP contribution in [-0.2, 0) is 0 Å². The maximum atomic E-state index is 12.4. The van der Waals surface area contributed by atoms with E-state index in [4.69, 9.17) is 0 Å². The van der Waals surface area contributed by atoms with Crippen LogP contribution >= 0.6 is 0 Å². The van der Waals surface area contributed by atoms with E-state index < -0.39 is 0 Å². The molecule has 0 spiro atoms. The molecule has 0 aliphatic carbocycles. The zero-order valence-corrected chi connectivity index (χ0v) is 11.1. The maximum absolute atomic E-state index is 12.4. The summed E-state index contributed by atoms with van der Waals surface area (Å²) in [6.07, 6.45) is 7.66. The molecule has 1 aliphatic rings. The molecule has 1 saturated heterocycles. The van der Waals surface area contributed by atoms with Crippen LogP contribution in [0.4, 0.5) is 0 Å². The number of hydrogen-bond donors (Lipinski definition) is 1. The van der Waals surface area contributed by atoms with Gasteiger partial charge in [-0.2, -0.15) is 0 Å². The second kappa shape index (κ2) is 5.97. The van der Waals surface area contributed by atoms with Crippen LogP contribution in [0.5, 0.6) is 0 Å². The molecule has 0 saturated carbocycles. The number of aliphatic hydroxyl groups is 1. The first kappa shape index (κ1) is 13.7. The molecule has 1 aromatic heterocycles. The van der Waals surface area contributed by atoms with Gasteiger partial charge in [-0.25, -0.2) is 0 Å².